The van der Waals surface area contributed by atoms with Gasteiger partial charge in [0.25, 0.3) is 5.91 Å². The van der Waals surface area contributed by atoms with Crippen molar-refractivity contribution in [2.45, 2.75) is 33.3 Å². The predicted molar refractivity (Wildman–Crippen MR) is 119 cm³/mol. The van der Waals surface area contributed by atoms with Crippen molar-refractivity contribution in [3.05, 3.63) is 54.1 Å². The number of para-hydroxylation sites is 1. The number of carbonyl (C=O) groups excluding carboxylic acids is 1. The van der Waals surface area contributed by atoms with Crippen molar-refractivity contribution >= 4 is 28.9 Å². The van der Waals surface area contributed by atoms with E-state index in [9.17, 15) is 4.79 Å². The fourth-order valence-corrected chi connectivity index (χ4v) is 2.64. The summed E-state index contributed by atoms with van der Waals surface area (Å²) in [6.07, 6.45) is 1.04. The smallest absolute Gasteiger partial charge is 0.261 e. The highest BCUT2D eigenvalue weighted by Gasteiger charge is 2.14. The molecule has 1 amide bonds. The number of hydrogen-bond donors (Lipinski definition) is 2. The molecule has 7 heteroatoms. The molecule has 1 unspecified atom stereocenters. The maximum atomic E-state index is 12.6. The third-order valence-electron chi connectivity index (χ3n) is 4.05. The molecule has 0 heterocycles. The molecule has 0 spiro atoms. The van der Waals surface area contributed by atoms with Crippen molar-refractivity contribution in [2.24, 2.45) is 0 Å². The number of nitrogens with one attached hydrogen (secondary N) is 2. The summed E-state index contributed by atoms with van der Waals surface area (Å²) in [6, 6.07) is 14.5. The molecule has 0 fully saturated rings. The first-order chi connectivity index (χ1) is 14.0. The highest BCUT2D eigenvalue weighted by Crippen LogP contribution is 2.20. The van der Waals surface area contributed by atoms with E-state index in [-0.39, 0.29) is 17.1 Å². The van der Waals surface area contributed by atoms with Gasteiger partial charge in [-0.2, -0.15) is 0 Å². The number of hydrogen-bond acceptors (Lipinski definition) is 5. The van der Waals surface area contributed by atoms with E-state index in [0.29, 0.717) is 31.1 Å². The van der Waals surface area contributed by atoms with Crippen LogP contribution in [-0.4, -0.2) is 36.9 Å². The molecular formula is C22H28N2O4S. The third kappa shape index (κ3) is 7.71. The zero-order valence-corrected chi connectivity index (χ0v) is 17.9. The van der Waals surface area contributed by atoms with Crippen LogP contribution in [0.1, 0.15) is 37.6 Å². The maximum absolute atomic E-state index is 12.6. The number of amides is 1. The van der Waals surface area contributed by atoms with Gasteiger partial charge in [0, 0.05) is 18.4 Å². The number of rotatable bonds is 10. The first kappa shape index (κ1) is 22.6. The zero-order chi connectivity index (χ0) is 21.1. The summed E-state index contributed by atoms with van der Waals surface area (Å²) < 4.78 is 16.7. The largest absolute Gasteiger partial charge is 0.491 e. The Kier molecular flexibility index (Phi) is 9.40. The van der Waals surface area contributed by atoms with Crippen molar-refractivity contribution in [2.75, 3.05) is 25.1 Å². The van der Waals surface area contributed by atoms with Crippen molar-refractivity contribution in [3.8, 4) is 11.5 Å². The molecule has 6 nitrogen and oxygen atoms in total. The molecule has 1 atom stereocenters. The number of benzene rings is 2. The topological polar surface area (TPSA) is 68.8 Å². The standard InChI is InChI=1S/C22H28N2O4S/c1-4-16(3)28-18-10-8-9-17(15-18)23-22(29)24-21(25)19-11-6-7-12-20(19)27-14-13-26-5-2/h6-12,15-16H,4-5,13-14H2,1-3H3,(H2,23,24,25,29). The van der Waals surface area contributed by atoms with E-state index in [1.54, 1.807) is 18.2 Å². The summed E-state index contributed by atoms with van der Waals surface area (Å²) in [5, 5.41) is 5.89. The number of carbonyl (C=O) groups is 1. The fraction of sp³-hybridized carbons (Fsp3) is 0.364. The number of anilines is 1. The number of ether oxygens (including phenoxy) is 3. The van der Waals surface area contributed by atoms with Crippen LogP contribution in [0.25, 0.3) is 0 Å². The SMILES string of the molecule is CCOCCOc1ccccc1C(=O)NC(=S)Nc1cccc(OC(C)CC)c1. The second kappa shape index (κ2) is 12.0. The zero-order valence-electron chi connectivity index (χ0n) is 17.1. The quantitative estimate of drug-likeness (QED) is 0.442. The Morgan fingerprint density at radius 2 is 1.90 bits per heavy atom. The van der Waals surface area contributed by atoms with Crippen molar-refractivity contribution < 1.29 is 19.0 Å². The van der Waals surface area contributed by atoms with Gasteiger partial charge in [0.15, 0.2) is 5.11 Å². The van der Waals surface area contributed by atoms with Gasteiger partial charge < -0.3 is 19.5 Å². The van der Waals surface area contributed by atoms with E-state index < -0.39 is 0 Å². The average molecular weight is 417 g/mol. The molecule has 0 radical (unpaired) electrons. The Balaban J connectivity index is 1.96. The second-order valence-electron chi connectivity index (χ2n) is 6.31. The van der Waals surface area contributed by atoms with E-state index in [1.807, 2.05) is 44.2 Å². The van der Waals surface area contributed by atoms with Crippen LogP contribution in [0, 0.1) is 0 Å². The lowest BCUT2D eigenvalue weighted by Gasteiger charge is -2.15. The first-order valence-corrected chi connectivity index (χ1v) is 10.1. The summed E-state index contributed by atoms with van der Waals surface area (Å²) in [7, 11) is 0. The van der Waals surface area contributed by atoms with Crippen LogP contribution in [0.5, 0.6) is 11.5 Å². The average Bonchev–Trinajstić information content (AvgIpc) is 2.71. The molecule has 0 aliphatic heterocycles. The Hall–Kier alpha value is -2.64. The van der Waals surface area contributed by atoms with Gasteiger partial charge in [-0.15, -0.1) is 0 Å². The lowest BCUT2D eigenvalue weighted by Crippen LogP contribution is -2.34. The highest BCUT2D eigenvalue weighted by molar-refractivity contribution is 7.80. The molecule has 0 aliphatic carbocycles. The number of thiocarbonyl (C=S) groups is 1. The molecule has 0 bridgehead atoms. The van der Waals surface area contributed by atoms with Gasteiger partial charge in [-0.05, 0) is 56.8 Å². The van der Waals surface area contributed by atoms with E-state index in [4.69, 9.17) is 26.4 Å². The summed E-state index contributed by atoms with van der Waals surface area (Å²) >= 11 is 5.29. The van der Waals surface area contributed by atoms with Gasteiger partial charge in [0.1, 0.15) is 18.1 Å². The third-order valence-corrected chi connectivity index (χ3v) is 4.26. The molecule has 0 saturated heterocycles. The lowest BCUT2D eigenvalue weighted by molar-refractivity contribution is 0.0958. The molecular weight excluding hydrogens is 388 g/mol. The van der Waals surface area contributed by atoms with Crippen LogP contribution >= 0.6 is 12.2 Å². The minimum atomic E-state index is -0.346. The second-order valence-corrected chi connectivity index (χ2v) is 6.72. The summed E-state index contributed by atoms with van der Waals surface area (Å²) in [5.74, 6) is 0.879. The van der Waals surface area contributed by atoms with E-state index in [2.05, 4.69) is 17.6 Å². The van der Waals surface area contributed by atoms with Crippen molar-refractivity contribution in [1.29, 1.82) is 0 Å². The molecule has 0 aromatic heterocycles. The molecule has 2 rings (SSSR count). The minimum absolute atomic E-state index is 0.121. The minimum Gasteiger partial charge on any atom is -0.491 e. The summed E-state index contributed by atoms with van der Waals surface area (Å²) in [6.45, 7) is 7.44. The molecule has 29 heavy (non-hydrogen) atoms. The Morgan fingerprint density at radius 1 is 1.10 bits per heavy atom. The molecule has 2 aromatic carbocycles. The molecule has 156 valence electrons. The summed E-state index contributed by atoms with van der Waals surface area (Å²) in [5.41, 5.74) is 1.14. The molecule has 2 aromatic rings. The van der Waals surface area contributed by atoms with Crippen molar-refractivity contribution in [3.63, 3.8) is 0 Å². The highest BCUT2D eigenvalue weighted by atomic mass is 32.1. The first-order valence-electron chi connectivity index (χ1n) is 9.72. The monoisotopic (exact) mass is 416 g/mol. The van der Waals surface area contributed by atoms with Crippen LogP contribution in [0.3, 0.4) is 0 Å². The van der Waals surface area contributed by atoms with Crippen LogP contribution in [0.2, 0.25) is 0 Å². The Bertz CT molecular complexity index is 813. The molecule has 0 aliphatic rings. The Labute approximate surface area is 177 Å². The van der Waals surface area contributed by atoms with Gasteiger partial charge in [-0.25, -0.2) is 0 Å². The van der Waals surface area contributed by atoms with Gasteiger partial charge in [-0.1, -0.05) is 25.1 Å². The van der Waals surface area contributed by atoms with Crippen LogP contribution in [0.15, 0.2) is 48.5 Å². The van der Waals surface area contributed by atoms with Crippen LogP contribution in [-0.2, 0) is 4.74 Å². The lowest BCUT2D eigenvalue weighted by atomic mass is 10.2. The van der Waals surface area contributed by atoms with E-state index in [0.717, 1.165) is 17.9 Å². The van der Waals surface area contributed by atoms with Crippen LogP contribution in [0.4, 0.5) is 5.69 Å². The van der Waals surface area contributed by atoms with E-state index in [1.165, 1.54) is 0 Å². The normalized spacial score (nSPS) is 11.4. The van der Waals surface area contributed by atoms with Gasteiger partial charge in [0.05, 0.1) is 18.3 Å². The molecule has 2 N–H and O–H groups in total. The Morgan fingerprint density at radius 3 is 2.66 bits per heavy atom. The van der Waals surface area contributed by atoms with Gasteiger partial charge in [-0.3, -0.25) is 10.1 Å². The van der Waals surface area contributed by atoms with Crippen LogP contribution < -0.4 is 20.1 Å². The van der Waals surface area contributed by atoms with Gasteiger partial charge >= 0.3 is 0 Å². The van der Waals surface area contributed by atoms with E-state index >= 15 is 0 Å². The maximum Gasteiger partial charge on any atom is 0.261 e. The fourth-order valence-electron chi connectivity index (χ4n) is 2.43. The van der Waals surface area contributed by atoms with Gasteiger partial charge in [0.2, 0.25) is 0 Å². The predicted octanol–water partition coefficient (Wildman–Crippen LogP) is 4.41. The van der Waals surface area contributed by atoms with Crippen molar-refractivity contribution in [1.82, 2.24) is 5.32 Å². The summed E-state index contributed by atoms with van der Waals surface area (Å²) in [4.78, 5) is 12.6. The molecule has 0 saturated carbocycles.